The number of sulfonamides is 1. The molecule has 20 heavy (non-hydrogen) atoms. The third-order valence-electron chi connectivity index (χ3n) is 4.40. The highest BCUT2D eigenvalue weighted by Crippen LogP contribution is 2.37. The average Bonchev–Trinajstić information content (AvgIpc) is 2.98. The summed E-state index contributed by atoms with van der Waals surface area (Å²) in [6.45, 7) is 0.948. The molecule has 1 heterocycles. The molecule has 0 saturated heterocycles. The van der Waals surface area contributed by atoms with Crippen LogP contribution in [0, 0.1) is 5.92 Å². The number of nitrogens with one attached hydrogen (secondary N) is 1. The van der Waals surface area contributed by atoms with Gasteiger partial charge in [0.05, 0.1) is 4.90 Å². The average molecular weight is 297 g/mol. The minimum Gasteiger partial charge on any atom is -0.346 e. The van der Waals surface area contributed by atoms with Crippen LogP contribution in [-0.4, -0.2) is 19.5 Å². The summed E-state index contributed by atoms with van der Waals surface area (Å²) in [7, 11) is -3.39. The zero-order valence-corrected chi connectivity index (χ0v) is 12.5. The molecule has 2 aliphatic carbocycles. The Morgan fingerprint density at radius 2 is 1.95 bits per heavy atom. The summed E-state index contributed by atoms with van der Waals surface area (Å²) >= 11 is 0. The van der Waals surface area contributed by atoms with Gasteiger partial charge in [-0.05, 0) is 37.7 Å². The predicted molar refractivity (Wildman–Crippen MR) is 77.7 cm³/mol. The smallest absolute Gasteiger partial charge is 0.242 e. The molecule has 2 saturated carbocycles. The van der Waals surface area contributed by atoms with Gasteiger partial charge in [-0.15, -0.1) is 0 Å². The highest BCUT2D eigenvalue weighted by molar-refractivity contribution is 7.89. The molecule has 3 rings (SSSR count). The van der Waals surface area contributed by atoms with Gasteiger partial charge in [0.1, 0.15) is 0 Å². The van der Waals surface area contributed by atoms with Gasteiger partial charge in [-0.25, -0.2) is 13.1 Å². The van der Waals surface area contributed by atoms with Gasteiger partial charge in [-0.2, -0.15) is 0 Å². The van der Waals surface area contributed by atoms with Crippen molar-refractivity contribution in [2.75, 3.05) is 6.54 Å². The number of nitrogens with two attached hydrogens (primary N) is 1. The van der Waals surface area contributed by atoms with Crippen molar-refractivity contribution in [2.24, 2.45) is 11.7 Å². The third-order valence-corrected chi connectivity index (χ3v) is 5.79. The van der Waals surface area contributed by atoms with Crippen molar-refractivity contribution in [2.45, 2.75) is 56.0 Å². The van der Waals surface area contributed by atoms with E-state index < -0.39 is 10.0 Å². The first-order valence-corrected chi connectivity index (χ1v) is 8.99. The van der Waals surface area contributed by atoms with Crippen LogP contribution in [0.4, 0.5) is 0 Å². The Hall–Kier alpha value is -0.850. The fraction of sp³-hybridized carbons (Fsp3) is 0.714. The van der Waals surface area contributed by atoms with E-state index >= 15 is 0 Å². The molecule has 0 aromatic carbocycles. The molecular formula is C14H23N3O2S. The molecule has 1 aromatic rings. The third kappa shape index (κ3) is 2.92. The Balaban J connectivity index is 1.72. The molecule has 0 aliphatic heterocycles. The Kier molecular flexibility index (Phi) is 3.88. The van der Waals surface area contributed by atoms with Crippen LogP contribution in [0.25, 0.3) is 0 Å². The first-order chi connectivity index (χ1) is 9.60. The van der Waals surface area contributed by atoms with Crippen LogP contribution < -0.4 is 10.5 Å². The summed E-state index contributed by atoms with van der Waals surface area (Å²) in [6.07, 6.45) is 8.72. The molecular weight excluding hydrogens is 274 g/mol. The van der Waals surface area contributed by atoms with Crippen molar-refractivity contribution in [3.05, 3.63) is 18.0 Å². The minimum atomic E-state index is -3.39. The van der Waals surface area contributed by atoms with Crippen molar-refractivity contribution in [1.82, 2.24) is 9.29 Å². The van der Waals surface area contributed by atoms with Gasteiger partial charge in [0, 0.05) is 31.0 Å². The van der Waals surface area contributed by atoms with Crippen LogP contribution in [0.1, 0.15) is 50.3 Å². The summed E-state index contributed by atoms with van der Waals surface area (Å²) in [5.41, 5.74) is 6.62. The predicted octanol–water partition coefficient (Wildman–Crippen LogP) is 1.75. The summed E-state index contributed by atoms with van der Waals surface area (Å²) in [5, 5.41) is 0. The van der Waals surface area contributed by atoms with Crippen LogP contribution in [-0.2, 0) is 16.6 Å². The molecule has 3 N–H and O–H groups in total. The highest BCUT2D eigenvalue weighted by atomic mass is 32.2. The van der Waals surface area contributed by atoms with E-state index in [9.17, 15) is 8.42 Å². The first-order valence-electron chi connectivity index (χ1n) is 7.50. The lowest BCUT2D eigenvalue weighted by Gasteiger charge is -2.10. The lowest BCUT2D eigenvalue weighted by Crippen LogP contribution is -2.28. The molecule has 2 fully saturated rings. The van der Waals surface area contributed by atoms with Gasteiger partial charge in [0.15, 0.2) is 0 Å². The second-order valence-corrected chi connectivity index (χ2v) is 7.78. The van der Waals surface area contributed by atoms with Crippen molar-refractivity contribution in [3.63, 3.8) is 0 Å². The molecule has 2 aliphatic rings. The minimum absolute atomic E-state index is 0.364. The normalized spacial score (nSPS) is 20.6. The maximum absolute atomic E-state index is 12.3. The summed E-state index contributed by atoms with van der Waals surface area (Å²) in [6, 6.07) is 2.17. The quantitative estimate of drug-likeness (QED) is 0.840. The van der Waals surface area contributed by atoms with Gasteiger partial charge in [-0.3, -0.25) is 0 Å². The maximum Gasteiger partial charge on any atom is 0.242 e. The molecule has 0 amide bonds. The molecule has 0 spiro atoms. The molecule has 0 unspecified atom stereocenters. The topological polar surface area (TPSA) is 77.1 Å². The van der Waals surface area contributed by atoms with E-state index in [2.05, 4.69) is 4.72 Å². The van der Waals surface area contributed by atoms with Gasteiger partial charge in [0.2, 0.25) is 10.0 Å². The van der Waals surface area contributed by atoms with E-state index in [0.29, 0.717) is 29.9 Å². The van der Waals surface area contributed by atoms with E-state index in [-0.39, 0.29) is 0 Å². The fourth-order valence-corrected chi connectivity index (χ4v) is 4.19. The maximum atomic E-state index is 12.3. The van der Waals surface area contributed by atoms with Crippen LogP contribution in [0.5, 0.6) is 0 Å². The van der Waals surface area contributed by atoms with Crippen molar-refractivity contribution in [3.8, 4) is 0 Å². The van der Waals surface area contributed by atoms with Crippen LogP contribution in [0.15, 0.2) is 17.2 Å². The molecule has 112 valence electrons. The largest absolute Gasteiger partial charge is 0.346 e. The lowest BCUT2D eigenvalue weighted by molar-refractivity contribution is 0.519. The van der Waals surface area contributed by atoms with Gasteiger partial charge < -0.3 is 10.3 Å². The zero-order chi connectivity index (χ0) is 14.2. The van der Waals surface area contributed by atoms with E-state index in [1.807, 2.05) is 4.57 Å². The van der Waals surface area contributed by atoms with E-state index in [1.54, 1.807) is 12.3 Å². The second kappa shape index (κ2) is 5.50. The summed E-state index contributed by atoms with van der Waals surface area (Å²) < 4.78 is 29.5. The van der Waals surface area contributed by atoms with Crippen LogP contribution >= 0.6 is 0 Å². The van der Waals surface area contributed by atoms with Crippen molar-refractivity contribution >= 4 is 10.0 Å². The SMILES string of the molecule is NCc1cc(S(=O)(=O)NCC2CCCC2)cn1C1CC1. The van der Waals surface area contributed by atoms with E-state index in [0.717, 1.165) is 31.4 Å². The van der Waals surface area contributed by atoms with Crippen LogP contribution in [0.3, 0.4) is 0 Å². The monoisotopic (exact) mass is 297 g/mol. The second-order valence-electron chi connectivity index (χ2n) is 6.01. The number of hydrogen-bond acceptors (Lipinski definition) is 3. The number of aromatic nitrogens is 1. The Bertz CT molecular complexity index is 569. The summed E-state index contributed by atoms with van der Waals surface area (Å²) in [5.74, 6) is 0.504. The first kappa shape index (κ1) is 14.1. The molecule has 0 bridgehead atoms. The Morgan fingerprint density at radius 3 is 2.55 bits per heavy atom. The van der Waals surface area contributed by atoms with Crippen molar-refractivity contribution in [1.29, 1.82) is 0 Å². The van der Waals surface area contributed by atoms with Crippen LogP contribution in [0.2, 0.25) is 0 Å². The highest BCUT2D eigenvalue weighted by Gasteiger charge is 2.28. The van der Waals surface area contributed by atoms with Gasteiger partial charge >= 0.3 is 0 Å². The van der Waals surface area contributed by atoms with E-state index in [4.69, 9.17) is 5.73 Å². The Labute approximate surface area is 120 Å². The number of nitrogens with zero attached hydrogens (tertiary/aromatic N) is 1. The number of rotatable bonds is 6. The molecule has 5 nitrogen and oxygen atoms in total. The molecule has 1 aromatic heterocycles. The molecule has 0 atom stereocenters. The number of hydrogen-bond donors (Lipinski definition) is 2. The van der Waals surface area contributed by atoms with Gasteiger partial charge in [0.25, 0.3) is 0 Å². The standard InChI is InChI=1S/C14H23N3O2S/c15-8-13-7-14(10-17(13)12-5-6-12)20(18,19)16-9-11-3-1-2-4-11/h7,10-12,16H,1-6,8-9,15H2. The fourth-order valence-electron chi connectivity index (χ4n) is 3.03. The molecule has 6 heteroatoms. The van der Waals surface area contributed by atoms with E-state index in [1.165, 1.54) is 12.8 Å². The zero-order valence-electron chi connectivity index (χ0n) is 11.7. The lowest BCUT2D eigenvalue weighted by atomic mass is 10.1. The van der Waals surface area contributed by atoms with Crippen molar-refractivity contribution < 1.29 is 8.42 Å². The van der Waals surface area contributed by atoms with Gasteiger partial charge in [-0.1, -0.05) is 12.8 Å². The Morgan fingerprint density at radius 1 is 1.25 bits per heavy atom. The molecule has 0 radical (unpaired) electrons. The summed E-state index contributed by atoms with van der Waals surface area (Å²) in [4.78, 5) is 0.364.